The summed E-state index contributed by atoms with van der Waals surface area (Å²) in [6.45, 7) is 9.43. The molecular weight excluding hydrogens is 506 g/mol. The highest BCUT2D eigenvalue weighted by molar-refractivity contribution is 7.90. The van der Waals surface area contributed by atoms with Crippen molar-refractivity contribution < 1.29 is 32.6 Å². The summed E-state index contributed by atoms with van der Waals surface area (Å²) in [5.74, 6) is -0.261. The molecule has 0 fully saturated rings. The largest absolute Gasteiger partial charge is 0.487 e. The van der Waals surface area contributed by atoms with Crippen molar-refractivity contribution in [3.8, 4) is 5.75 Å². The van der Waals surface area contributed by atoms with Crippen LogP contribution in [0.3, 0.4) is 0 Å². The van der Waals surface area contributed by atoms with Crippen LogP contribution in [0.2, 0.25) is 0 Å². The Labute approximate surface area is 217 Å². The van der Waals surface area contributed by atoms with Gasteiger partial charge in [0.1, 0.15) is 17.4 Å². The van der Waals surface area contributed by atoms with E-state index in [0.29, 0.717) is 36.8 Å². The van der Waals surface area contributed by atoms with Crippen molar-refractivity contribution in [3.05, 3.63) is 32.4 Å². The molecule has 1 aliphatic heterocycles. The third-order valence-corrected chi connectivity index (χ3v) is 7.70. The van der Waals surface area contributed by atoms with Gasteiger partial charge in [-0.25, -0.2) is 13.1 Å². The first-order chi connectivity index (χ1) is 17.2. The van der Waals surface area contributed by atoms with Crippen LogP contribution in [0.4, 0.5) is 0 Å². The molecule has 0 bridgehead atoms. The number of fused-ring (bicyclic) bond motifs is 1. The standard InChI is InChI=1S/C23H37N5O8S/c1-14-15(2)20(16(3)17-13-23(4,5)36-19(14)17)37(32,33)27-22(25)26-10-8-9-18(24)21(29)34-11-6-7-12-35-28(30)31/h18H,6-13,24H2,1-5H3,(H3,25,26,27). The molecule has 5 N–H and O–H groups in total. The maximum Gasteiger partial charge on any atom is 0.322 e. The quantitative estimate of drug-likeness (QED) is 0.0710. The van der Waals surface area contributed by atoms with E-state index in [1.165, 1.54) is 0 Å². The number of hydrogen-bond donors (Lipinski definition) is 4. The summed E-state index contributed by atoms with van der Waals surface area (Å²) >= 11 is 0. The van der Waals surface area contributed by atoms with Crippen LogP contribution in [0, 0.1) is 36.3 Å². The van der Waals surface area contributed by atoms with E-state index in [-0.39, 0.29) is 37.0 Å². The van der Waals surface area contributed by atoms with Gasteiger partial charge in [-0.2, -0.15) is 0 Å². The fraction of sp³-hybridized carbons (Fsp3) is 0.652. The summed E-state index contributed by atoms with van der Waals surface area (Å²) in [5, 5.41) is 19.9. The number of unbranched alkanes of at least 4 members (excludes halogenated alkanes) is 1. The van der Waals surface area contributed by atoms with Gasteiger partial charge in [-0.1, -0.05) is 0 Å². The molecular formula is C23H37N5O8S. The monoisotopic (exact) mass is 543 g/mol. The molecule has 1 aromatic carbocycles. The van der Waals surface area contributed by atoms with E-state index < -0.39 is 32.7 Å². The van der Waals surface area contributed by atoms with Crippen LogP contribution in [-0.4, -0.2) is 56.8 Å². The molecule has 2 rings (SSSR count). The zero-order valence-electron chi connectivity index (χ0n) is 21.9. The molecule has 1 atom stereocenters. The Morgan fingerprint density at radius 3 is 2.49 bits per heavy atom. The minimum absolute atomic E-state index is 0.0723. The van der Waals surface area contributed by atoms with Crippen molar-refractivity contribution in [2.24, 2.45) is 5.73 Å². The molecule has 1 aliphatic rings. The predicted molar refractivity (Wildman–Crippen MR) is 135 cm³/mol. The van der Waals surface area contributed by atoms with E-state index in [0.717, 1.165) is 16.9 Å². The van der Waals surface area contributed by atoms with Gasteiger partial charge < -0.3 is 25.4 Å². The first kappa shape index (κ1) is 30.1. The van der Waals surface area contributed by atoms with Crippen molar-refractivity contribution in [1.29, 1.82) is 5.41 Å². The van der Waals surface area contributed by atoms with Crippen LogP contribution in [0.25, 0.3) is 0 Å². The molecule has 208 valence electrons. The molecule has 0 aliphatic carbocycles. The van der Waals surface area contributed by atoms with E-state index >= 15 is 0 Å². The SMILES string of the molecule is Cc1c(C)c(S(=O)(=O)NC(=N)NCCCC(N)C(=O)OCCCCO[N+](=O)[O-])c(C)c2c1OC(C)(C)C2. The van der Waals surface area contributed by atoms with Crippen LogP contribution < -0.4 is 20.5 Å². The van der Waals surface area contributed by atoms with E-state index in [1.807, 2.05) is 20.8 Å². The second kappa shape index (κ2) is 12.4. The average Bonchev–Trinajstić information content (AvgIpc) is 3.12. The molecule has 13 nitrogen and oxygen atoms in total. The van der Waals surface area contributed by atoms with E-state index in [4.69, 9.17) is 20.6 Å². The number of nitrogens with zero attached hydrogens (tertiary/aromatic N) is 1. The Bertz CT molecular complexity index is 1140. The van der Waals surface area contributed by atoms with Crippen LogP contribution in [0.5, 0.6) is 5.75 Å². The topological polar surface area (TPSA) is 196 Å². The number of nitrogens with two attached hydrogens (primary N) is 1. The fourth-order valence-corrected chi connectivity index (χ4v) is 5.67. The van der Waals surface area contributed by atoms with Gasteiger partial charge in [0.05, 0.1) is 18.1 Å². The highest BCUT2D eigenvalue weighted by Gasteiger charge is 2.36. The number of carbonyl (C=O) groups excluding carboxylic acids is 1. The van der Waals surface area contributed by atoms with Crippen molar-refractivity contribution in [2.75, 3.05) is 19.8 Å². The molecule has 0 saturated carbocycles. The lowest BCUT2D eigenvalue weighted by Crippen LogP contribution is -2.41. The predicted octanol–water partition coefficient (Wildman–Crippen LogP) is 1.77. The zero-order valence-corrected chi connectivity index (χ0v) is 22.7. The molecule has 1 heterocycles. The number of guanidine groups is 1. The number of sulfonamides is 1. The van der Waals surface area contributed by atoms with Gasteiger partial charge in [-0.15, -0.1) is 10.1 Å². The third-order valence-electron chi connectivity index (χ3n) is 6.07. The van der Waals surface area contributed by atoms with Crippen molar-refractivity contribution in [1.82, 2.24) is 10.0 Å². The first-order valence-electron chi connectivity index (χ1n) is 12.0. The van der Waals surface area contributed by atoms with Crippen LogP contribution in [0.1, 0.15) is 61.8 Å². The molecule has 0 amide bonds. The summed E-state index contributed by atoms with van der Waals surface area (Å²) in [7, 11) is -4.03. The maximum atomic E-state index is 13.2. The second-order valence-electron chi connectivity index (χ2n) is 9.64. The molecule has 1 unspecified atom stereocenters. The van der Waals surface area contributed by atoms with Gasteiger partial charge in [-0.05, 0) is 77.0 Å². The van der Waals surface area contributed by atoms with Gasteiger partial charge in [0.15, 0.2) is 0 Å². The Hall–Kier alpha value is -3.13. The van der Waals surface area contributed by atoms with Crippen LogP contribution >= 0.6 is 0 Å². The summed E-state index contributed by atoms with van der Waals surface area (Å²) in [4.78, 5) is 26.3. The van der Waals surface area contributed by atoms with Crippen LogP contribution in [-0.2, 0) is 30.8 Å². The summed E-state index contributed by atoms with van der Waals surface area (Å²) in [6.07, 6.45) is 2.00. The van der Waals surface area contributed by atoms with Crippen molar-refractivity contribution in [2.45, 2.75) is 83.3 Å². The number of ether oxygens (including phenoxy) is 2. The normalized spacial score (nSPS) is 14.8. The number of esters is 1. The molecule has 0 aromatic heterocycles. The maximum absolute atomic E-state index is 13.2. The van der Waals surface area contributed by atoms with E-state index in [2.05, 4.69) is 14.9 Å². The summed E-state index contributed by atoms with van der Waals surface area (Å²) < 4.78 is 39.7. The second-order valence-corrected chi connectivity index (χ2v) is 11.3. The highest BCUT2D eigenvalue weighted by Crippen LogP contribution is 2.43. The Morgan fingerprint density at radius 2 is 1.84 bits per heavy atom. The van der Waals surface area contributed by atoms with Gasteiger partial charge in [0.25, 0.3) is 15.1 Å². The van der Waals surface area contributed by atoms with Crippen molar-refractivity contribution >= 4 is 22.0 Å². The zero-order chi connectivity index (χ0) is 28.0. The summed E-state index contributed by atoms with van der Waals surface area (Å²) in [5.41, 5.74) is 8.19. The Balaban J connectivity index is 1.82. The number of rotatable bonds is 13. The lowest BCUT2D eigenvalue weighted by Gasteiger charge is -2.19. The fourth-order valence-electron chi connectivity index (χ4n) is 4.15. The molecule has 14 heteroatoms. The lowest BCUT2D eigenvalue weighted by molar-refractivity contribution is -0.757. The van der Waals surface area contributed by atoms with Gasteiger partial charge in [0, 0.05) is 18.5 Å². The van der Waals surface area contributed by atoms with Crippen molar-refractivity contribution in [3.63, 3.8) is 0 Å². The number of benzene rings is 1. The first-order valence-corrected chi connectivity index (χ1v) is 13.5. The van der Waals surface area contributed by atoms with E-state index in [1.54, 1.807) is 13.8 Å². The van der Waals surface area contributed by atoms with E-state index in [9.17, 15) is 23.3 Å². The van der Waals surface area contributed by atoms with Crippen LogP contribution in [0.15, 0.2) is 4.90 Å². The molecule has 0 radical (unpaired) electrons. The molecule has 0 spiro atoms. The number of hydrogen-bond acceptors (Lipinski definition) is 10. The molecule has 37 heavy (non-hydrogen) atoms. The summed E-state index contributed by atoms with van der Waals surface area (Å²) in [6, 6.07) is -0.881. The third kappa shape index (κ3) is 8.18. The number of nitrogens with one attached hydrogen (secondary N) is 3. The lowest BCUT2D eigenvalue weighted by atomic mass is 9.94. The smallest absolute Gasteiger partial charge is 0.322 e. The minimum Gasteiger partial charge on any atom is -0.487 e. The number of carbonyl (C=O) groups is 1. The molecule has 0 saturated heterocycles. The van der Waals surface area contributed by atoms with Gasteiger partial charge >= 0.3 is 5.97 Å². The molecule has 1 aromatic rings. The van der Waals surface area contributed by atoms with Gasteiger partial charge in [0.2, 0.25) is 5.96 Å². The Kier molecular flexibility index (Phi) is 10.1. The highest BCUT2D eigenvalue weighted by atomic mass is 32.2. The Morgan fingerprint density at radius 1 is 1.19 bits per heavy atom. The van der Waals surface area contributed by atoms with Gasteiger partial charge in [-0.3, -0.25) is 10.2 Å². The average molecular weight is 544 g/mol. The minimum atomic E-state index is -4.03.